The number of benzene rings is 1. The first-order valence-corrected chi connectivity index (χ1v) is 7.57. The van der Waals surface area contributed by atoms with Crippen molar-refractivity contribution in [3.8, 4) is 0 Å². The van der Waals surface area contributed by atoms with Crippen molar-refractivity contribution < 1.29 is 4.74 Å². The molecular formula is C17H27NO. The van der Waals surface area contributed by atoms with Gasteiger partial charge in [0.15, 0.2) is 0 Å². The molecule has 0 saturated carbocycles. The fourth-order valence-electron chi connectivity index (χ4n) is 3.04. The average Bonchev–Trinajstić information content (AvgIpc) is 2.87. The zero-order chi connectivity index (χ0) is 13.8. The van der Waals surface area contributed by atoms with Crippen molar-refractivity contribution >= 4 is 0 Å². The molecule has 1 fully saturated rings. The highest BCUT2D eigenvalue weighted by atomic mass is 16.5. The van der Waals surface area contributed by atoms with Crippen LogP contribution in [0.15, 0.2) is 24.3 Å². The quantitative estimate of drug-likeness (QED) is 0.880. The van der Waals surface area contributed by atoms with Crippen molar-refractivity contribution in [2.24, 2.45) is 11.7 Å². The van der Waals surface area contributed by atoms with E-state index < -0.39 is 0 Å². The molecule has 1 aliphatic rings. The highest BCUT2D eigenvalue weighted by Gasteiger charge is 2.31. The third-order valence-electron chi connectivity index (χ3n) is 4.33. The predicted molar refractivity (Wildman–Crippen MR) is 80.3 cm³/mol. The van der Waals surface area contributed by atoms with Crippen LogP contribution in [-0.2, 0) is 11.2 Å². The molecule has 2 rings (SSSR count). The lowest BCUT2D eigenvalue weighted by atomic mass is 9.87. The lowest BCUT2D eigenvalue weighted by molar-refractivity contribution is 0.0814. The Balaban J connectivity index is 1.96. The maximum absolute atomic E-state index is 6.39. The summed E-state index contributed by atoms with van der Waals surface area (Å²) in [6.45, 7) is 7.52. The Morgan fingerprint density at radius 3 is 2.53 bits per heavy atom. The van der Waals surface area contributed by atoms with E-state index in [0.717, 1.165) is 25.9 Å². The summed E-state index contributed by atoms with van der Waals surface area (Å²) in [5, 5.41) is 0. The molecule has 0 spiro atoms. The van der Waals surface area contributed by atoms with Gasteiger partial charge in [-0.05, 0) is 36.3 Å². The maximum atomic E-state index is 6.39. The molecule has 3 unspecified atom stereocenters. The molecule has 3 atom stereocenters. The Kier molecular flexibility index (Phi) is 5.00. The van der Waals surface area contributed by atoms with E-state index in [-0.39, 0.29) is 6.04 Å². The predicted octanol–water partition coefficient (Wildman–Crippen LogP) is 3.49. The van der Waals surface area contributed by atoms with Crippen LogP contribution >= 0.6 is 0 Å². The molecule has 1 saturated heterocycles. The Morgan fingerprint density at radius 1 is 1.26 bits per heavy atom. The van der Waals surface area contributed by atoms with Crippen LogP contribution in [0.2, 0.25) is 0 Å². The molecule has 1 aromatic carbocycles. The molecule has 0 amide bonds. The molecule has 19 heavy (non-hydrogen) atoms. The molecule has 0 radical (unpaired) electrons. The fourth-order valence-corrected chi connectivity index (χ4v) is 3.04. The molecule has 106 valence electrons. The lowest BCUT2D eigenvalue weighted by Crippen LogP contribution is -2.36. The van der Waals surface area contributed by atoms with Crippen LogP contribution in [0.1, 0.15) is 50.7 Å². The largest absolute Gasteiger partial charge is 0.378 e. The van der Waals surface area contributed by atoms with Crippen molar-refractivity contribution in [1.29, 1.82) is 0 Å². The van der Waals surface area contributed by atoms with Crippen LogP contribution in [0, 0.1) is 5.92 Å². The third-order valence-corrected chi connectivity index (χ3v) is 4.33. The second-order valence-electron chi connectivity index (χ2n) is 6.03. The topological polar surface area (TPSA) is 35.2 Å². The van der Waals surface area contributed by atoms with Gasteiger partial charge in [0.25, 0.3) is 0 Å². The van der Waals surface area contributed by atoms with Crippen LogP contribution in [0.5, 0.6) is 0 Å². The molecule has 1 aromatic rings. The molecule has 0 aromatic heterocycles. The lowest BCUT2D eigenvalue weighted by Gasteiger charge is -2.24. The van der Waals surface area contributed by atoms with Crippen molar-refractivity contribution in [3.05, 3.63) is 35.4 Å². The van der Waals surface area contributed by atoms with Gasteiger partial charge < -0.3 is 10.5 Å². The van der Waals surface area contributed by atoms with Gasteiger partial charge in [-0.2, -0.15) is 0 Å². The highest BCUT2D eigenvalue weighted by molar-refractivity contribution is 5.25. The minimum atomic E-state index is 0.220. The van der Waals surface area contributed by atoms with Gasteiger partial charge in [-0.1, -0.05) is 45.0 Å². The zero-order valence-electron chi connectivity index (χ0n) is 12.4. The van der Waals surface area contributed by atoms with Gasteiger partial charge >= 0.3 is 0 Å². The van der Waals surface area contributed by atoms with Gasteiger partial charge in [0.05, 0.1) is 6.10 Å². The molecule has 0 bridgehead atoms. The van der Waals surface area contributed by atoms with Gasteiger partial charge in [-0.15, -0.1) is 0 Å². The summed E-state index contributed by atoms with van der Waals surface area (Å²) in [5.41, 5.74) is 9.14. The molecule has 2 nitrogen and oxygen atoms in total. The van der Waals surface area contributed by atoms with E-state index in [2.05, 4.69) is 45.0 Å². The van der Waals surface area contributed by atoms with Crippen molar-refractivity contribution in [1.82, 2.24) is 0 Å². The van der Waals surface area contributed by atoms with Crippen LogP contribution < -0.4 is 5.73 Å². The fraction of sp³-hybridized carbons (Fsp3) is 0.647. The average molecular weight is 261 g/mol. The number of ether oxygens (including phenoxy) is 1. The Morgan fingerprint density at radius 2 is 1.95 bits per heavy atom. The summed E-state index contributed by atoms with van der Waals surface area (Å²) in [6, 6.07) is 9.14. The maximum Gasteiger partial charge on any atom is 0.0616 e. The van der Waals surface area contributed by atoms with Crippen molar-refractivity contribution in [3.63, 3.8) is 0 Å². The minimum Gasteiger partial charge on any atom is -0.378 e. The van der Waals surface area contributed by atoms with E-state index in [1.807, 2.05) is 0 Å². The smallest absolute Gasteiger partial charge is 0.0616 e. The molecular weight excluding hydrogens is 234 g/mol. The summed E-state index contributed by atoms with van der Waals surface area (Å²) in [7, 11) is 0. The van der Waals surface area contributed by atoms with E-state index >= 15 is 0 Å². The second-order valence-corrected chi connectivity index (χ2v) is 6.03. The number of nitrogens with two attached hydrogens (primary N) is 1. The van der Waals surface area contributed by atoms with Gasteiger partial charge in [-0.3, -0.25) is 0 Å². The summed E-state index contributed by atoms with van der Waals surface area (Å²) >= 11 is 0. The first kappa shape index (κ1) is 14.5. The van der Waals surface area contributed by atoms with Crippen molar-refractivity contribution in [2.45, 2.75) is 58.1 Å². The van der Waals surface area contributed by atoms with E-state index in [1.165, 1.54) is 11.1 Å². The second kappa shape index (κ2) is 6.53. The molecule has 0 aliphatic carbocycles. The van der Waals surface area contributed by atoms with Crippen LogP contribution in [0.25, 0.3) is 0 Å². The van der Waals surface area contributed by atoms with E-state index in [1.54, 1.807) is 0 Å². The first-order valence-electron chi connectivity index (χ1n) is 7.57. The van der Waals surface area contributed by atoms with Crippen LogP contribution in [0.3, 0.4) is 0 Å². The normalized spacial score (nSPS) is 24.9. The third kappa shape index (κ3) is 3.58. The Hall–Kier alpha value is -0.860. The standard InChI is InChI=1S/C17H27NO/c1-4-17-15(9-10-19-17)16(18)11-13-5-7-14(8-6-13)12(2)3/h5-8,12,15-17H,4,9-11,18H2,1-3H3. The summed E-state index contributed by atoms with van der Waals surface area (Å²) in [6.07, 6.45) is 3.52. The van der Waals surface area contributed by atoms with E-state index in [9.17, 15) is 0 Å². The number of rotatable bonds is 5. The SMILES string of the molecule is CCC1OCCC1C(N)Cc1ccc(C(C)C)cc1. The van der Waals surface area contributed by atoms with Gasteiger partial charge in [0.2, 0.25) is 0 Å². The van der Waals surface area contributed by atoms with Crippen LogP contribution in [-0.4, -0.2) is 18.8 Å². The van der Waals surface area contributed by atoms with E-state index in [4.69, 9.17) is 10.5 Å². The number of hydrogen-bond acceptors (Lipinski definition) is 2. The monoisotopic (exact) mass is 261 g/mol. The van der Waals surface area contributed by atoms with Gasteiger partial charge in [0.1, 0.15) is 0 Å². The zero-order valence-corrected chi connectivity index (χ0v) is 12.4. The summed E-state index contributed by atoms with van der Waals surface area (Å²) in [5.74, 6) is 1.12. The first-order chi connectivity index (χ1) is 9.11. The highest BCUT2D eigenvalue weighted by Crippen LogP contribution is 2.27. The number of hydrogen-bond donors (Lipinski definition) is 1. The van der Waals surface area contributed by atoms with E-state index in [0.29, 0.717) is 17.9 Å². The molecule has 2 N–H and O–H groups in total. The summed E-state index contributed by atoms with van der Waals surface area (Å²) in [4.78, 5) is 0. The summed E-state index contributed by atoms with van der Waals surface area (Å²) < 4.78 is 5.74. The molecule has 2 heteroatoms. The van der Waals surface area contributed by atoms with Crippen molar-refractivity contribution in [2.75, 3.05) is 6.61 Å². The van der Waals surface area contributed by atoms with Gasteiger partial charge in [-0.25, -0.2) is 0 Å². The van der Waals surface area contributed by atoms with Crippen LogP contribution in [0.4, 0.5) is 0 Å². The Bertz CT molecular complexity index is 385. The molecule has 1 heterocycles. The minimum absolute atomic E-state index is 0.220. The molecule has 1 aliphatic heterocycles. The Labute approximate surface area is 117 Å². The van der Waals surface area contributed by atoms with Gasteiger partial charge in [0, 0.05) is 18.6 Å².